The highest BCUT2D eigenvalue weighted by Gasteiger charge is 2.24. The molecule has 1 rings (SSSR count). The van der Waals surface area contributed by atoms with Gasteiger partial charge in [-0.1, -0.05) is 18.2 Å². The van der Waals surface area contributed by atoms with E-state index in [9.17, 15) is 4.39 Å². The molecule has 1 unspecified atom stereocenters. The van der Waals surface area contributed by atoms with Crippen molar-refractivity contribution in [2.75, 3.05) is 13.2 Å². The van der Waals surface area contributed by atoms with Crippen LogP contribution in [0, 0.1) is 5.82 Å². The summed E-state index contributed by atoms with van der Waals surface area (Å²) in [5.41, 5.74) is -0.101. The largest absolute Gasteiger partial charge is 0.394 e. The van der Waals surface area contributed by atoms with Gasteiger partial charge in [-0.3, -0.25) is 0 Å². The molecule has 0 aliphatic heterocycles. The lowest BCUT2D eigenvalue weighted by Crippen LogP contribution is -2.53. The predicted molar refractivity (Wildman–Crippen MR) is 65.3 cm³/mol. The van der Waals surface area contributed by atoms with Crippen molar-refractivity contribution < 1.29 is 14.6 Å². The van der Waals surface area contributed by atoms with Crippen LogP contribution in [-0.4, -0.2) is 35.0 Å². The lowest BCUT2D eigenvalue weighted by Gasteiger charge is -2.30. The van der Waals surface area contributed by atoms with Gasteiger partial charge in [-0.15, -0.1) is 0 Å². The summed E-state index contributed by atoms with van der Waals surface area (Å²) < 4.78 is 13.4. The van der Waals surface area contributed by atoms with E-state index >= 15 is 0 Å². The first kappa shape index (κ1) is 14.1. The molecule has 3 nitrogen and oxygen atoms in total. The molecule has 3 N–H and O–H groups in total. The first-order valence-electron chi connectivity index (χ1n) is 5.73. The van der Waals surface area contributed by atoms with Crippen molar-refractivity contribution >= 4 is 0 Å². The van der Waals surface area contributed by atoms with Crippen molar-refractivity contribution in [2.24, 2.45) is 0 Å². The topological polar surface area (TPSA) is 52.5 Å². The molecule has 0 saturated carbocycles. The van der Waals surface area contributed by atoms with Crippen molar-refractivity contribution in [1.82, 2.24) is 5.32 Å². The van der Waals surface area contributed by atoms with E-state index in [0.717, 1.165) is 0 Å². The van der Waals surface area contributed by atoms with Crippen molar-refractivity contribution in [3.8, 4) is 0 Å². The summed E-state index contributed by atoms with van der Waals surface area (Å²) >= 11 is 0. The molecule has 1 aromatic carbocycles. The quantitative estimate of drug-likeness (QED) is 0.699. The van der Waals surface area contributed by atoms with Crippen molar-refractivity contribution in [3.05, 3.63) is 35.6 Å². The Kier molecular flexibility index (Phi) is 5.05. The number of nitrogens with one attached hydrogen (secondary N) is 1. The van der Waals surface area contributed by atoms with Crippen LogP contribution in [0.2, 0.25) is 0 Å². The van der Waals surface area contributed by atoms with Crippen LogP contribution in [0.1, 0.15) is 19.4 Å². The summed E-state index contributed by atoms with van der Waals surface area (Å²) in [7, 11) is 0. The first-order chi connectivity index (χ1) is 8.00. The Morgan fingerprint density at radius 1 is 1.29 bits per heavy atom. The molecule has 0 heterocycles. The van der Waals surface area contributed by atoms with E-state index in [4.69, 9.17) is 10.2 Å². The molecule has 0 fully saturated rings. The molecule has 1 aromatic rings. The Hall–Kier alpha value is -0.970. The normalized spacial score (nSPS) is 13.7. The SMILES string of the molecule is CC(Cc1ccccc1F)NC(C)(CO)CO. The van der Waals surface area contributed by atoms with Crippen LogP contribution in [-0.2, 0) is 6.42 Å². The Bertz CT molecular complexity index is 353. The molecule has 0 saturated heterocycles. The molecule has 0 aromatic heterocycles. The monoisotopic (exact) mass is 241 g/mol. The maximum atomic E-state index is 13.4. The third-order valence-electron chi connectivity index (χ3n) is 2.78. The van der Waals surface area contributed by atoms with E-state index < -0.39 is 5.54 Å². The van der Waals surface area contributed by atoms with Crippen molar-refractivity contribution in [2.45, 2.75) is 31.8 Å². The fraction of sp³-hybridized carbons (Fsp3) is 0.538. The maximum absolute atomic E-state index is 13.4. The van der Waals surface area contributed by atoms with E-state index in [1.165, 1.54) is 6.07 Å². The van der Waals surface area contributed by atoms with E-state index in [1.54, 1.807) is 25.1 Å². The van der Waals surface area contributed by atoms with Crippen LogP contribution in [0.4, 0.5) is 4.39 Å². The number of hydrogen-bond acceptors (Lipinski definition) is 3. The molecule has 17 heavy (non-hydrogen) atoms. The highest BCUT2D eigenvalue weighted by atomic mass is 19.1. The zero-order valence-electron chi connectivity index (χ0n) is 10.3. The molecular formula is C13H20FNO2. The molecule has 4 heteroatoms. The number of aliphatic hydroxyl groups is 2. The van der Waals surface area contributed by atoms with E-state index in [-0.39, 0.29) is 25.1 Å². The number of halogens is 1. The third-order valence-corrected chi connectivity index (χ3v) is 2.78. The summed E-state index contributed by atoms with van der Waals surface area (Å²) in [6.45, 7) is 3.30. The average molecular weight is 241 g/mol. The predicted octanol–water partition coefficient (Wildman–Crippen LogP) is 1.09. The smallest absolute Gasteiger partial charge is 0.126 e. The molecular weight excluding hydrogens is 221 g/mol. The molecule has 0 bridgehead atoms. The van der Waals surface area contributed by atoms with Crippen LogP contribution >= 0.6 is 0 Å². The minimum atomic E-state index is -0.731. The second-order valence-corrected chi connectivity index (χ2v) is 4.72. The second kappa shape index (κ2) is 6.10. The van der Waals surface area contributed by atoms with Crippen LogP contribution in [0.25, 0.3) is 0 Å². The van der Waals surface area contributed by atoms with Gasteiger partial charge in [-0.05, 0) is 31.9 Å². The highest BCUT2D eigenvalue weighted by molar-refractivity contribution is 5.18. The molecule has 0 spiro atoms. The standard InChI is InChI=1S/C13H20FNO2/c1-10(15-13(2,8-16)9-17)7-11-5-3-4-6-12(11)14/h3-6,10,15-17H,7-9H2,1-2H3. The van der Waals surface area contributed by atoms with Crippen LogP contribution in [0.3, 0.4) is 0 Å². The van der Waals surface area contributed by atoms with Gasteiger partial charge >= 0.3 is 0 Å². The number of benzene rings is 1. The molecule has 0 aliphatic carbocycles. The molecule has 1 atom stereocenters. The second-order valence-electron chi connectivity index (χ2n) is 4.72. The van der Waals surface area contributed by atoms with Gasteiger partial charge in [0.05, 0.1) is 18.8 Å². The van der Waals surface area contributed by atoms with E-state index in [2.05, 4.69) is 5.32 Å². The van der Waals surface area contributed by atoms with Gasteiger partial charge in [0.25, 0.3) is 0 Å². The summed E-state index contributed by atoms with van der Waals surface area (Å²) in [4.78, 5) is 0. The average Bonchev–Trinajstić information content (AvgIpc) is 2.32. The minimum absolute atomic E-state index is 0.0313. The molecule has 0 radical (unpaired) electrons. The Morgan fingerprint density at radius 3 is 2.41 bits per heavy atom. The first-order valence-corrected chi connectivity index (χ1v) is 5.73. The van der Waals surface area contributed by atoms with E-state index in [0.29, 0.717) is 12.0 Å². The van der Waals surface area contributed by atoms with E-state index in [1.807, 2.05) is 6.92 Å². The van der Waals surface area contributed by atoms with Gasteiger partial charge in [-0.2, -0.15) is 0 Å². The highest BCUT2D eigenvalue weighted by Crippen LogP contribution is 2.11. The van der Waals surface area contributed by atoms with Gasteiger partial charge < -0.3 is 15.5 Å². The lowest BCUT2D eigenvalue weighted by molar-refractivity contribution is 0.0956. The zero-order valence-corrected chi connectivity index (χ0v) is 10.3. The Balaban J connectivity index is 2.61. The fourth-order valence-electron chi connectivity index (χ4n) is 1.78. The minimum Gasteiger partial charge on any atom is -0.394 e. The Morgan fingerprint density at radius 2 is 1.88 bits per heavy atom. The van der Waals surface area contributed by atoms with Crippen LogP contribution in [0.15, 0.2) is 24.3 Å². The number of rotatable bonds is 6. The molecule has 0 amide bonds. The zero-order chi connectivity index (χ0) is 12.9. The van der Waals surface area contributed by atoms with Crippen molar-refractivity contribution in [3.63, 3.8) is 0 Å². The summed E-state index contributed by atoms with van der Waals surface area (Å²) in [5.74, 6) is -0.226. The summed E-state index contributed by atoms with van der Waals surface area (Å²) in [6, 6.07) is 6.59. The fourth-order valence-corrected chi connectivity index (χ4v) is 1.78. The summed E-state index contributed by atoms with van der Waals surface area (Å²) in [5, 5.41) is 21.4. The molecule has 96 valence electrons. The van der Waals surface area contributed by atoms with Gasteiger partial charge in [0.2, 0.25) is 0 Å². The third kappa shape index (κ3) is 4.07. The van der Waals surface area contributed by atoms with Crippen molar-refractivity contribution in [1.29, 1.82) is 0 Å². The molecule has 0 aliphatic rings. The lowest BCUT2D eigenvalue weighted by atomic mass is 10.0. The van der Waals surface area contributed by atoms with Gasteiger partial charge in [-0.25, -0.2) is 4.39 Å². The van der Waals surface area contributed by atoms with Crippen LogP contribution in [0.5, 0.6) is 0 Å². The van der Waals surface area contributed by atoms with Gasteiger partial charge in [0.1, 0.15) is 5.82 Å². The Labute approximate surface area is 101 Å². The number of aliphatic hydroxyl groups excluding tert-OH is 2. The maximum Gasteiger partial charge on any atom is 0.126 e. The number of hydrogen-bond donors (Lipinski definition) is 3. The van der Waals surface area contributed by atoms with Gasteiger partial charge in [0, 0.05) is 6.04 Å². The summed E-state index contributed by atoms with van der Waals surface area (Å²) in [6.07, 6.45) is 0.516. The van der Waals surface area contributed by atoms with Gasteiger partial charge in [0.15, 0.2) is 0 Å². The van der Waals surface area contributed by atoms with Crippen LogP contribution < -0.4 is 5.32 Å².